The molecule has 138 valence electrons. The first-order valence-electron chi connectivity index (χ1n) is 9.03. The van der Waals surface area contributed by atoms with E-state index >= 15 is 0 Å². The Bertz CT molecular complexity index is 618. The number of fused-ring (bicyclic) bond motifs is 2. The van der Waals surface area contributed by atoms with E-state index < -0.39 is 11.9 Å². The molecular formula is C18H27N3O4. The number of carbonyl (C=O) groups excluding carboxylic acids is 3. The minimum atomic E-state index is -0.448. The van der Waals surface area contributed by atoms with Crippen LogP contribution in [0.3, 0.4) is 0 Å². The molecule has 1 aliphatic heterocycles. The van der Waals surface area contributed by atoms with Gasteiger partial charge in [0.2, 0.25) is 5.91 Å². The van der Waals surface area contributed by atoms with Gasteiger partial charge in [0, 0.05) is 24.1 Å². The molecular weight excluding hydrogens is 322 g/mol. The van der Waals surface area contributed by atoms with Crippen LogP contribution in [0.2, 0.25) is 0 Å². The molecule has 3 atom stereocenters. The third-order valence-electron chi connectivity index (χ3n) is 6.77. The first-order chi connectivity index (χ1) is 11.7. The van der Waals surface area contributed by atoms with Gasteiger partial charge in [-0.05, 0) is 37.0 Å². The van der Waals surface area contributed by atoms with Crippen LogP contribution in [0.5, 0.6) is 0 Å². The molecule has 3 fully saturated rings. The highest BCUT2D eigenvalue weighted by Crippen LogP contribution is 2.63. The molecule has 0 radical (unpaired) electrons. The molecule has 2 N–H and O–H groups in total. The minimum Gasteiger partial charge on any atom is -0.455 e. The Kier molecular flexibility index (Phi) is 4.60. The van der Waals surface area contributed by atoms with Crippen molar-refractivity contribution in [3.8, 4) is 0 Å². The van der Waals surface area contributed by atoms with Crippen LogP contribution in [-0.2, 0) is 19.1 Å². The van der Waals surface area contributed by atoms with Gasteiger partial charge in [-0.1, -0.05) is 20.8 Å². The third-order valence-corrected chi connectivity index (χ3v) is 6.77. The van der Waals surface area contributed by atoms with Crippen LogP contribution in [0.1, 0.15) is 52.9 Å². The van der Waals surface area contributed by atoms with E-state index in [1.165, 1.54) is 6.42 Å². The van der Waals surface area contributed by atoms with Gasteiger partial charge in [0.25, 0.3) is 5.91 Å². The zero-order chi connectivity index (χ0) is 18.2. The summed E-state index contributed by atoms with van der Waals surface area (Å²) in [6, 6.07) is 0. The van der Waals surface area contributed by atoms with Crippen LogP contribution in [0, 0.1) is 22.7 Å². The topological polar surface area (TPSA) is 96.9 Å². The Morgan fingerprint density at radius 1 is 1.32 bits per heavy atom. The van der Waals surface area contributed by atoms with Crippen LogP contribution in [0.4, 0.5) is 0 Å². The number of hydrogen-bond donors (Lipinski definition) is 2. The number of nitrogens with one attached hydrogen (secondary N) is 2. The Balaban J connectivity index is 1.47. The van der Waals surface area contributed by atoms with E-state index in [1.54, 1.807) is 0 Å². The summed E-state index contributed by atoms with van der Waals surface area (Å²) < 4.78 is 5.05. The summed E-state index contributed by atoms with van der Waals surface area (Å²) in [5, 5.41) is 6.97. The Morgan fingerprint density at radius 2 is 2.08 bits per heavy atom. The Hall–Kier alpha value is -1.92. The highest BCUT2D eigenvalue weighted by molar-refractivity contribution is 5.95. The molecule has 7 heteroatoms. The van der Waals surface area contributed by atoms with Crippen molar-refractivity contribution in [2.75, 3.05) is 13.2 Å². The molecule has 3 aliphatic rings. The molecule has 7 nitrogen and oxygen atoms in total. The number of rotatable bonds is 4. The monoisotopic (exact) mass is 349 g/mol. The predicted octanol–water partition coefficient (Wildman–Crippen LogP) is 1.37. The largest absolute Gasteiger partial charge is 0.455 e. The lowest BCUT2D eigenvalue weighted by Gasteiger charge is -2.34. The van der Waals surface area contributed by atoms with Crippen LogP contribution in [-0.4, -0.2) is 36.6 Å². The van der Waals surface area contributed by atoms with Gasteiger partial charge < -0.3 is 10.1 Å². The summed E-state index contributed by atoms with van der Waals surface area (Å²) >= 11 is 0. The van der Waals surface area contributed by atoms with E-state index in [-0.39, 0.29) is 35.8 Å². The van der Waals surface area contributed by atoms with Gasteiger partial charge in [0.15, 0.2) is 6.61 Å². The van der Waals surface area contributed by atoms with Crippen LogP contribution in [0.15, 0.2) is 5.10 Å². The summed E-state index contributed by atoms with van der Waals surface area (Å²) in [7, 11) is 0. The Labute approximate surface area is 147 Å². The second kappa shape index (κ2) is 6.42. The van der Waals surface area contributed by atoms with Crippen molar-refractivity contribution in [3.05, 3.63) is 0 Å². The quantitative estimate of drug-likeness (QED) is 0.592. The molecule has 3 rings (SSSR count). The molecule has 2 bridgehead atoms. The third kappa shape index (κ3) is 3.16. The lowest BCUT2D eigenvalue weighted by molar-refractivity contribution is -0.153. The fraction of sp³-hybridized carbons (Fsp3) is 0.778. The second-order valence-electron chi connectivity index (χ2n) is 8.23. The van der Waals surface area contributed by atoms with Crippen molar-refractivity contribution in [2.24, 2.45) is 27.8 Å². The first kappa shape index (κ1) is 17.9. The average molecular weight is 349 g/mol. The maximum atomic E-state index is 11.9. The molecule has 2 amide bonds. The van der Waals surface area contributed by atoms with Gasteiger partial charge in [0.05, 0.1) is 5.92 Å². The fourth-order valence-corrected chi connectivity index (χ4v) is 4.45. The lowest BCUT2D eigenvalue weighted by atomic mass is 9.70. The standard InChI is InChI=1S/C18H27N3O4/c1-17(2)12-6-7-18(17,3)13(8-12)20-21-15(23)10-25-16(24)11-4-5-14(22)19-9-11/h11-12H,4-10H2,1-3H3,(H,19,22)(H,21,23)/b20-13+. The zero-order valence-corrected chi connectivity index (χ0v) is 15.2. The van der Waals surface area contributed by atoms with Gasteiger partial charge in [-0.15, -0.1) is 0 Å². The fourth-order valence-electron chi connectivity index (χ4n) is 4.45. The molecule has 1 heterocycles. The molecule has 2 saturated carbocycles. The number of piperidine rings is 1. The molecule has 0 aromatic carbocycles. The van der Waals surface area contributed by atoms with Crippen molar-refractivity contribution in [1.29, 1.82) is 0 Å². The molecule has 1 saturated heterocycles. The minimum absolute atomic E-state index is 0.0297. The molecule has 3 unspecified atom stereocenters. The van der Waals surface area contributed by atoms with Gasteiger partial charge in [-0.3, -0.25) is 14.4 Å². The first-order valence-corrected chi connectivity index (χ1v) is 9.03. The van der Waals surface area contributed by atoms with Crippen molar-refractivity contribution in [2.45, 2.75) is 52.9 Å². The maximum absolute atomic E-state index is 11.9. The molecule has 0 aromatic heterocycles. The Morgan fingerprint density at radius 3 is 2.64 bits per heavy atom. The van der Waals surface area contributed by atoms with Gasteiger partial charge in [-0.25, -0.2) is 5.43 Å². The van der Waals surface area contributed by atoms with Crippen LogP contribution >= 0.6 is 0 Å². The second-order valence-corrected chi connectivity index (χ2v) is 8.23. The smallest absolute Gasteiger partial charge is 0.311 e. The summed E-state index contributed by atoms with van der Waals surface area (Å²) in [6.45, 7) is 6.71. The van der Waals surface area contributed by atoms with E-state index in [0.717, 1.165) is 18.6 Å². The molecule has 0 spiro atoms. The highest BCUT2D eigenvalue weighted by atomic mass is 16.5. The summed E-state index contributed by atoms with van der Waals surface area (Å²) in [4.78, 5) is 35.0. The van der Waals surface area contributed by atoms with E-state index in [9.17, 15) is 14.4 Å². The van der Waals surface area contributed by atoms with Crippen molar-refractivity contribution in [1.82, 2.24) is 10.7 Å². The summed E-state index contributed by atoms with van der Waals surface area (Å²) in [5.41, 5.74) is 3.82. The number of hydrogen-bond acceptors (Lipinski definition) is 5. The number of ether oxygens (including phenoxy) is 1. The van der Waals surface area contributed by atoms with E-state index in [4.69, 9.17) is 4.74 Å². The molecule has 2 aliphatic carbocycles. The van der Waals surface area contributed by atoms with Crippen LogP contribution < -0.4 is 10.7 Å². The molecule has 25 heavy (non-hydrogen) atoms. The van der Waals surface area contributed by atoms with E-state index in [2.05, 4.69) is 36.6 Å². The van der Waals surface area contributed by atoms with E-state index in [0.29, 0.717) is 18.8 Å². The van der Waals surface area contributed by atoms with E-state index in [1.807, 2.05) is 0 Å². The normalized spacial score (nSPS) is 34.7. The number of esters is 1. The number of nitrogens with zero attached hydrogens (tertiary/aromatic N) is 1. The van der Waals surface area contributed by atoms with Crippen LogP contribution in [0.25, 0.3) is 0 Å². The number of hydrazone groups is 1. The zero-order valence-electron chi connectivity index (χ0n) is 15.2. The number of carbonyl (C=O) groups is 3. The number of amides is 2. The van der Waals surface area contributed by atoms with Gasteiger partial charge in [-0.2, -0.15) is 5.10 Å². The van der Waals surface area contributed by atoms with Crippen molar-refractivity contribution < 1.29 is 19.1 Å². The summed E-state index contributed by atoms with van der Waals surface area (Å²) in [5.74, 6) is -0.685. The van der Waals surface area contributed by atoms with Gasteiger partial charge in [0.1, 0.15) is 0 Å². The molecule has 0 aromatic rings. The summed E-state index contributed by atoms with van der Waals surface area (Å²) in [6.07, 6.45) is 4.01. The van der Waals surface area contributed by atoms with Crippen molar-refractivity contribution >= 4 is 23.5 Å². The highest BCUT2D eigenvalue weighted by Gasteiger charge is 2.60. The van der Waals surface area contributed by atoms with Crippen molar-refractivity contribution in [3.63, 3.8) is 0 Å². The lowest BCUT2D eigenvalue weighted by Crippen LogP contribution is -2.40. The SMILES string of the molecule is CC12CCC(C/C1=N\NC(=O)COC(=O)C1CCC(=O)NC1)C2(C)C. The average Bonchev–Trinajstić information content (AvgIpc) is 2.91. The maximum Gasteiger partial charge on any atom is 0.311 e. The van der Waals surface area contributed by atoms with Gasteiger partial charge >= 0.3 is 5.97 Å². The predicted molar refractivity (Wildman–Crippen MR) is 91.5 cm³/mol.